The summed E-state index contributed by atoms with van der Waals surface area (Å²) in [4.78, 5) is 12.5. The predicted molar refractivity (Wildman–Crippen MR) is 123 cm³/mol. The average molecular weight is 476 g/mol. The Hall–Kier alpha value is -3.57. The van der Waals surface area contributed by atoms with Crippen molar-refractivity contribution in [1.82, 2.24) is 0 Å². The second-order valence-electron chi connectivity index (χ2n) is 6.77. The zero-order valence-electron chi connectivity index (χ0n) is 17.2. The molecular formula is C21H21N3O6S2. The Labute approximate surface area is 186 Å². The summed E-state index contributed by atoms with van der Waals surface area (Å²) in [6, 6.07) is 18.1. The molecule has 0 saturated heterocycles. The molecule has 32 heavy (non-hydrogen) atoms. The van der Waals surface area contributed by atoms with Crippen LogP contribution in [0.5, 0.6) is 5.75 Å². The van der Waals surface area contributed by atoms with Crippen LogP contribution in [0.3, 0.4) is 0 Å². The third-order valence-electron chi connectivity index (χ3n) is 4.19. The Bertz CT molecular complexity index is 1320. The second-order valence-corrected chi connectivity index (χ2v) is 10.2. The smallest absolute Gasteiger partial charge is 0.261 e. The highest BCUT2D eigenvalue weighted by Crippen LogP contribution is 2.21. The zero-order chi connectivity index (χ0) is 23.4. The Morgan fingerprint density at radius 2 is 1.41 bits per heavy atom. The first-order valence-corrected chi connectivity index (χ1v) is 12.6. The van der Waals surface area contributed by atoms with Crippen LogP contribution in [0.15, 0.2) is 77.7 Å². The molecule has 0 atom stereocenters. The van der Waals surface area contributed by atoms with Gasteiger partial charge < -0.3 is 10.1 Å². The van der Waals surface area contributed by atoms with E-state index in [1.807, 2.05) is 0 Å². The van der Waals surface area contributed by atoms with Gasteiger partial charge in [0.1, 0.15) is 5.75 Å². The minimum atomic E-state index is -3.82. The summed E-state index contributed by atoms with van der Waals surface area (Å²) in [6.45, 7) is 0. The number of amides is 1. The van der Waals surface area contributed by atoms with Gasteiger partial charge in [0.2, 0.25) is 10.0 Å². The van der Waals surface area contributed by atoms with Gasteiger partial charge in [-0.05, 0) is 66.7 Å². The van der Waals surface area contributed by atoms with E-state index in [0.29, 0.717) is 17.1 Å². The Balaban J connectivity index is 1.70. The largest absolute Gasteiger partial charge is 0.497 e. The molecule has 0 spiro atoms. The van der Waals surface area contributed by atoms with Gasteiger partial charge in [-0.25, -0.2) is 16.8 Å². The van der Waals surface area contributed by atoms with E-state index < -0.39 is 26.0 Å². The SMILES string of the molecule is COc1ccc(NS(=O)(=O)c2ccc(NC(=O)c3cccc(NS(C)(=O)=O)c3)cc2)cc1. The number of hydrogen-bond donors (Lipinski definition) is 3. The van der Waals surface area contributed by atoms with Crippen LogP contribution in [0.25, 0.3) is 0 Å². The number of sulfonamides is 2. The maximum absolute atomic E-state index is 12.6. The van der Waals surface area contributed by atoms with Crippen molar-refractivity contribution < 1.29 is 26.4 Å². The summed E-state index contributed by atoms with van der Waals surface area (Å²) in [5.74, 6) is 0.125. The Kier molecular flexibility index (Phi) is 6.70. The fourth-order valence-electron chi connectivity index (χ4n) is 2.73. The summed E-state index contributed by atoms with van der Waals surface area (Å²) in [5, 5.41) is 2.64. The summed E-state index contributed by atoms with van der Waals surface area (Å²) in [5.41, 5.74) is 1.24. The first-order chi connectivity index (χ1) is 15.1. The summed E-state index contributed by atoms with van der Waals surface area (Å²) in [7, 11) is -5.78. The van der Waals surface area contributed by atoms with Crippen LogP contribution >= 0.6 is 0 Å². The summed E-state index contributed by atoms with van der Waals surface area (Å²) < 4.78 is 57.7. The standard InChI is InChI=1S/C21H21N3O6S2/c1-30-19-10-6-17(7-11-19)24-32(28,29)20-12-8-16(9-13-20)22-21(25)15-4-3-5-18(14-15)23-31(2,26)27/h3-14,23-24H,1-2H3,(H,22,25). The number of carbonyl (C=O) groups is 1. The van der Waals surface area contributed by atoms with E-state index in [2.05, 4.69) is 14.8 Å². The van der Waals surface area contributed by atoms with Crippen LogP contribution in [0.2, 0.25) is 0 Å². The molecule has 168 valence electrons. The first-order valence-electron chi connectivity index (χ1n) is 9.22. The van der Waals surface area contributed by atoms with Gasteiger partial charge in [0.05, 0.1) is 18.3 Å². The molecular weight excluding hydrogens is 454 g/mol. The fourth-order valence-corrected chi connectivity index (χ4v) is 4.35. The monoisotopic (exact) mass is 475 g/mol. The fraction of sp³-hybridized carbons (Fsp3) is 0.0952. The molecule has 3 aromatic rings. The van der Waals surface area contributed by atoms with E-state index in [9.17, 15) is 21.6 Å². The van der Waals surface area contributed by atoms with Gasteiger partial charge in [-0.15, -0.1) is 0 Å². The van der Waals surface area contributed by atoms with Crippen LogP contribution in [0.4, 0.5) is 17.1 Å². The maximum Gasteiger partial charge on any atom is 0.261 e. The molecule has 0 saturated carbocycles. The lowest BCUT2D eigenvalue weighted by Crippen LogP contribution is -2.15. The van der Waals surface area contributed by atoms with Gasteiger partial charge in [0, 0.05) is 22.6 Å². The van der Waals surface area contributed by atoms with Crippen LogP contribution in [0.1, 0.15) is 10.4 Å². The minimum absolute atomic E-state index is 0.0191. The van der Waals surface area contributed by atoms with E-state index >= 15 is 0 Å². The third kappa shape index (κ3) is 6.22. The highest BCUT2D eigenvalue weighted by atomic mass is 32.2. The lowest BCUT2D eigenvalue weighted by molar-refractivity contribution is 0.102. The zero-order valence-corrected chi connectivity index (χ0v) is 18.8. The molecule has 0 bridgehead atoms. The summed E-state index contributed by atoms with van der Waals surface area (Å²) >= 11 is 0. The molecule has 0 aromatic heterocycles. The van der Waals surface area contributed by atoms with Crippen LogP contribution < -0.4 is 19.5 Å². The van der Waals surface area contributed by atoms with E-state index in [4.69, 9.17) is 4.74 Å². The van der Waals surface area contributed by atoms with Crippen molar-refractivity contribution in [3.8, 4) is 5.75 Å². The summed E-state index contributed by atoms with van der Waals surface area (Å²) in [6.07, 6.45) is 1.01. The van der Waals surface area contributed by atoms with Crippen molar-refractivity contribution in [2.24, 2.45) is 0 Å². The van der Waals surface area contributed by atoms with Crippen molar-refractivity contribution >= 4 is 43.0 Å². The van der Waals surface area contributed by atoms with Crippen LogP contribution in [-0.4, -0.2) is 36.1 Å². The van der Waals surface area contributed by atoms with E-state index in [1.54, 1.807) is 30.3 Å². The molecule has 1 amide bonds. The van der Waals surface area contributed by atoms with Gasteiger partial charge in [-0.1, -0.05) is 6.07 Å². The van der Waals surface area contributed by atoms with Gasteiger partial charge in [0.25, 0.3) is 15.9 Å². The van der Waals surface area contributed by atoms with E-state index in [1.165, 1.54) is 49.6 Å². The van der Waals surface area contributed by atoms with E-state index in [0.717, 1.165) is 6.26 Å². The second kappa shape index (κ2) is 9.28. The molecule has 0 fully saturated rings. The molecule has 11 heteroatoms. The number of methoxy groups -OCH3 is 1. The van der Waals surface area contributed by atoms with Crippen molar-refractivity contribution in [2.45, 2.75) is 4.90 Å². The molecule has 3 N–H and O–H groups in total. The van der Waals surface area contributed by atoms with Crippen LogP contribution in [-0.2, 0) is 20.0 Å². The van der Waals surface area contributed by atoms with E-state index in [-0.39, 0.29) is 16.1 Å². The predicted octanol–water partition coefficient (Wildman–Crippen LogP) is 3.12. The minimum Gasteiger partial charge on any atom is -0.497 e. The molecule has 0 unspecified atom stereocenters. The lowest BCUT2D eigenvalue weighted by Gasteiger charge is -2.10. The molecule has 3 aromatic carbocycles. The molecule has 9 nitrogen and oxygen atoms in total. The van der Waals surface area contributed by atoms with Crippen molar-refractivity contribution in [1.29, 1.82) is 0 Å². The third-order valence-corrected chi connectivity index (χ3v) is 6.20. The average Bonchev–Trinajstić information content (AvgIpc) is 2.73. The number of hydrogen-bond acceptors (Lipinski definition) is 6. The molecule has 0 heterocycles. The van der Waals surface area contributed by atoms with Crippen molar-refractivity contribution in [2.75, 3.05) is 28.1 Å². The lowest BCUT2D eigenvalue weighted by atomic mass is 10.2. The number of anilines is 3. The van der Waals surface area contributed by atoms with Gasteiger partial charge in [0.15, 0.2) is 0 Å². The van der Waals surface area contributed by atoms with Crippen molar-refractivity contribution in [3.63, 3.8) is 0 Å². The Morgan fingerprint density at radius 1 is 0.781 bits per heavy atom. The number of rotatable bonds is 8. The number of benzene rings is 3. The first kappa shape index (κ1) is 23.1. The molecule has 0 aliphatic rings. The topological polar surface area (TPSA) is 131 Å². The normalized spacial score (nSPS) is 11.4. The highest BCUT2D eigenvalue weighted by molar-refractivity contribution is 7.92. The van der Waals surface area contributed by atoms with Gasteiger partial charge in [-0.2, -0.15) is 0 Å². The van der Waals surface area contributed by atoms with Gasteiger partial charge in [-0.3, -0.25) is 14.2 Å². The molecule has 0 aliphatic carbocycles. The number of nitrogens with one attached hydrogen (secondary N) is 3. The molecule has 0 aliphatic heterocycles. The van der Waals surface area contributed by atoms with Crippen LogP contribution in [0, 0.1) is 0 Å². The van der Waals surface area contributed by atoms with Gasteiger partial charge >= 0.3 is 0 Å². The highest BCUT2D eigenvalue weighted by Gasteiger charge is 2.15. The number of ether oxygens (including phenoxy) is 1. The Morgan fingerprint density at radius 3 is 2.00 bits per heavy atom. The molecule has 3 rings (SSSR count). The maximum atomic E-state index is 12.6. The van der Waals surface area contributed by atoms with Crippen molar-refractivity contribution in [3.05, 3.63) is 78.4 Å². The number of carbonyl (C=O) groups excluding carboxylic acids is 1. The molecule has 0 radical (unpaired) electrons. The quantitative estimate of drug-likeness (QED) is 0.459.